The molecule has 0 aromatic heterocycles. The van der Waals surface area contributed by atoms with Gasteiger partial charge in [-0.25, -0.2) is 0 Å². The molecule has 0 aliphatic rings. The van der Waals surface area contributed by atoms with Crippen molar-refractivity contribution in [3.05, 3.63) is 0 Å². The molecular formula is C16H8Cl2F26Si. The number of rotatable bonds is 14. The summed E-state index contributed by atoms with van der Waals surface area (Å²) in [5.41, 5.74) is 0. The van der Waals surface area contributed by atoms with Gasteiger partial charge in [0.25, 0.3) is 6.69 Å². The van der Waals surface area contributed by atoms with Crippen LogP contribution >= 0.6 is 22.2 Å². The third-order valence-corrected chi connectivity index (χ3v) is 9.84. The van der Waals surface area contributed by atoms with E-state index in [1.54, 1.807) is 0 Å². The van der Waals surface area contributed by atoms with Crippen LogP contribution in [0.2, 0.25) is 12.1 Å². The minimum atomic E-state index is -8.37. The van der Waals surface area contributed by atoms with Crippen molar-refractivity contribution >= 4 is 28.9 Å². The minimum absolute atomic E-state index is 2.46. The van der Waals surface area contributed by atoms with Crippen LogP contribution in [-0.4, -0.2) is 78.3 Å². The minimum Gasteiger partial charge on any atom is -0.200 e. The molecule has 0 amide bonds. The number of hydrogen-bond donors (Lipinski definition) is 0. The Morgan fingerprint density at radius 3 is 0.644 bits per heavy atom. The lowest BCUT2D eigenvalue weighted by atomic mass is 9.93. The number of alkyl halides is 26. The molecule has 0 spiro atoms. The van der Waals surface area contributed by atoms with Crippen molar-refractivity contribution in [2.75, 3.05) is 0 Å². The number of hydrogen-bond acceptors (Lipinski definition) is 0. The lowest BCUT2D eigenvalue weighted by Gasteiger charge is -2.40. The normalized spacial score (nSPS) is 16.8. The van der Waals surface area contributed by atoms with Crippen LogP contribution in [0.5, 0.6) is 0 Å². The summed E-state index contributed by atoms with van der Waals surface area (Å²) >= 11 is 10.1. The molecule has 29 heteroatoms. The van der Waals surface area contributed by atoms with Gasteiger partial charge in [0.1, 0.15) is 0 Å². The predicted octanol–water partition coefficient (Wildman–Crippen LogP) is 11.2. The van der Waals surface area contributed by atoms with Crippen molar-refractivity contribution in [3.8, 4) is 0 Å². The molecular weight excluding hydrogens is 785 g/mol. The van der Waals surface area contributed by atoms with E-state index < -0.39 is 103 Å². The summed E-state index contributed by atoms with van der Waals surface area (Å²) in [6.45, 7) is -5.63. The molecule has 0 rings (SSSR count). The van der Waals surface area contributed by atoms with Crippen LogP contribution in [0.1, 0.15) is 12.8 Å². The molecule has 0 nitrogen and oxygen atoms in total. The van der Waals surface area contributed by atoms with E-state index in [1.165, 1.54) is 0 Å². The molecule has 0 radical (unpaired) electrons. The Labute approximate surface area is 240 Å². The van der Waals surface area contributed by atoms with Crippen molar-refractivity contribution in [1.29, 1.82) is 0 Å². The van der Waals surface area contributed by atoms with Gasteiger partial charge in [0, 0.05) is 12.8 Å². The predicted molar refractivity (Wildman–Crippen MR) is 97.9 cm³/mol. The zero-order valence-electron chi connectivity index (χ0n) is 19.9. The fourth-order valence-corrected chi connectivity index (χ4v) is 5.47. The second-order valence-electron chi connectivity index (χ2n) is 8.86. The second-order valence-corrected chi connectivity index (χ2v) is 16.5. The lowest BCUT2D eigenvalue weighted by molar-refractivity contribution is -0.440. The summed E-state index contributed by atoms with van der Waals surface area (Å²) in [5, 5.41) is 0. The molecule has 0 saturated carbocycles. The van der Waals surface area contributed by atoms with E-state index in [-0.39, 0.29) is 0 Å². The Morgan fingerprint density at radius 1 is 0.289 bits per heavy atom. The first-order valence-electron chi connectivity index (χ1n) is 10.2. The SMILES string of the molecule is FC(F)(F)C(F)(F)C(F)(F)C(F)(F)C(F)(F)C(F)(F)CC[Si](Cl)(Cl)CCC(F)(F)C(F)(F)C(F)(F)C(F)(F)C(F)(F)C(F)(F)F. The van der Waals surface area contributed by atoms with E-state index in [4.69, 9.17) is 22.2 Å². The van der Waals surface area contributed by atoms with Gasteiger partial charge < -0.3 is 0 Å². The molecule has 45 heavy (non-hydrogen) atoms. The summed E-state index contributed by atoms with van der Waals surface area (Å²) in [6.07, 6.45) is -22.2. The highest BCUT2D eigenvalue weighted by molar-refractivity contribution is 7.45. The molecule has 0 aromatic rings. The van der Waals surface area contributed by atoms with Crippen LogP contribution in [0.25, 0.3) is 0 Å². The first-order valence-corrected chi connectivity index (χ1v) is 14.6. The van der Waals surface area contributed by atoms with Crippen molar-refractivity contribution in [2.24, 2.45) is 0 Å². The van der Waals surface area contributed by atoms with E-state index in [0.717, 1.165) is 0 Å². The van der Waals surface area contributed by atoms with Crippen molar-refractivity contribution in [1.82, 2.24) is 0 Å². The standard InChI is InChI=1S/C16H8Cl2F26Si/c17-45(18,3-1-5(19,20)7(23,24)9(27,28)11(31,32)13(35,36)15(39,40)41)4-2-6(21,22)8(25,26)10(29,30)12(33,34)14(37,38)16(42,43)44/h1-4H2. The van der Waals surface area contributed by atoms with Crippen LogP contribution in [0, 0.1) is 0 Å². The second kappa shape index (κ2) is 11.5. The van der Waals surface area contributed by atoms with Crippen LogP contribution in [0.15, 0.2) is 0 Å². The first kappa shape index (κ1) is 44.0. The zero-order chi connectivity index (χ0) is 37.3. The third kappa shape index (κ3) is 6.81. The highest BCUT2D eigenvalue weighted by atomic mass is 35.7. The summed E-state index contributed by atoms with van der Waals surface area (Å²) < 4.78 is 340. The Balaban J connectivity index is 6.20. The van der Waals surface area contributed by atoms with E-state index >= 15 is 0 Å². The van der Waals surface area contributed by atoms with E-state index in [0.29, 0.717) is 0 Å². The van der Waals surface area contributed by atoms with Gasteiger partial charge in [-0.05, 0) is 12.1 Å². The lowest BCUT2D eigenvalue weighted by Crippen LogP contribution is -2.70. The Hall–Kier alpha value is -1.02. The van der Waals surface area contributed by atoms with E-state index in [9.17, 15) is 114 Å². The monoisotopic (exact) mass is 792 g/mol. The van der Waals surface area contributed by atoms with Crippen molar-refractivity contribution in [3.63, 3.8) is 0 Å². The maximum atomic E-state index is 13.8. The molecule has 0 fully saturated rings. The van der Waals surface area contributed by atoms with Gasteiger partial charge in [0.05, 0.1) is 0 Å². The maximum absolute atomic E-state index is 13.8. The quantitative estimate of drug-likeness (QED) is 0.0934. The topological polar surface area (TPSA) is 0 Å². The van der Waals surface area contributed by atoms with Gasteiger partial charge in [-0.15, -0.1) is 22.2 Å². The van der Waals surface area contributed by atoms with Crippen LogP contribution in [-0.2, 0) is 0 Å². The summed E-state index contributed by atoms with van der Waals surface area (Å²) in [4.78, 5) is 0. The summed E-state index contributed by atoms with van der Waals surface area (Å²) in [6, 6.07) is -4.92. The highest BCUT2D eigenvalue weighted by Crippen LogP contribution is 2.63. The van der Waals surface area contributed by atoms with Crippen LogP contribution < -0.4 is 0 Å². The largest absolute Gasteiger partial charge is 0.460 e. The van der Waals surface area contributed by atoms with Crippen molar-refractivity contribution < 1.29 is 114 Å². The van der Waals surface area contributed by atoms with E-state index in [2.05, 4.69) is 0 Å². The fraction of sp³-hybridized carbons (Fsp3) is 1.00. The smallest absolute Gasteiger partial charge is 0.200 e. The Bertz CT molecular complexity index is 959. The van der Waals surface area contributed by atoms with Gasteiger partial charge in [-0.3, -0.25) is 0 Å². The average Bonchev–Trinajstić information content (AvgIpc) is 2.79. The van der Waals surface area contributed by atoms with Gasteiger partial charge in [-0.2, -0.15) is 114 Å². The fourth-order valence-electron chi connectivity index (χ4n) is 2.72. The molecule has 0 unspecified atom stereocenters. The van der Waals surface area contributed by atoms with Gasteiger partial charge in [0.15, 0.2) is 0 Å². The molecule has 0 bridgehead atoms. The van der Waals surface area contributed by atoms with Crippen molar-refractivity contribution in [2.45, 2.75) is 96.5 Å². The van der Waals surface area contributed by atoms with Gasteiger partial charge in [-0.1, -0.05) is 0 Å². The number of halogens is 28. The van der Waals surface area contributed by atoms with Crippen LogP contribution in [0.4, 0.5) is 114 Å². The summed E-state index contributed by atoms with van der Waals surface area (Å²) in [5.74, 6) is -79.5. The van der Waals surface area contributed by atoms with Gasteiger partial charge in [0.2, 0.25) is 0 Å². The molecule has 0 aliphatic carbocycles. The molecule has 0 aromatic carbocycles. The third-order valence-electron chi connectivity index (χ3n) is 5.61. The van der Waals surface area contributed by atoms with E-state index in [1.807, 2.05) is 0 Å². The molecule has 0 atom stereocenters. The highest BCUT2D eigenvalue weighted by Gasteiger charge is 2.92. The van der Waals surface area contributed by atoms with Crippen LogP contribution in [0.3, 0.4) is 0 Å². The zero-order valence-corrected chi connectivity index (χ0v) is 22.4. The van der Waals surface area contributed by atoms with Gasteiger partial charge >= 0.3 is 71.6 Å². The maximum Gasteiger partial charge on any atom is 0.460 e. The molecule has 0 heterocycles. The molecule has 0 saturated heterocycles. The Morgan fingerprint density at radius 2 is 0.467 bits per heavy atom. The molecule has 0 N–H and O–H groups in total. The molecule has 272 valence electrons. The Kier molecular flexibility index (Phi) is 11.3. The summed E-state index contributed by atoms with van der Waals surface area (Å²) in [7, 11) is 0. The molecule has 0 aliphatic heterocycles. The first-order chi connectivity index (χ1) is 18.9. The average molecular weight is 793 g/mol.